The molecule has 88 valence electrons. The number of nitriles is 1. The van der Waals surface area contributed by atoms with Gasteiger partial charge in [0, 0.05) is 11.3 Å². The van der Waals surface area contributed by atoms with Crippen LogP contribution in [0.1, 0.15) is 17.5 Å². The van der Waals surface area contributed by atoms with Gasteiger partial charge in [0.15, 0.2) is 0 Å². The minimum atomic E-state index is -0.825. The lowest BCUT2D eigenvalue weighted by molar-refractivity contribution is -0.143. The Morgan fingerprint density at radius 3 is 2.53 bits per heavy atom. The van der Waals surface area contributed by atoms with Gasteiger partial charge < -0.3 is 4.74 Å². The van der Waals surface area contributed by atoms with Crippen molar-refractivity contribution in [2.45, 2.75) is 13.3 Å². The van der Waals surface area contributed by atoms with Gasteiger partial charge in [-0.15, -0.1) is 0 Å². The minimum Gasteiger partial charge on any atom is -0.468 e. The number of carbonyl (C=O) groups excluding carboxylic acids is 1. The van der Waals surface area contributed by atoms with Gasteiger partial charge in [0.25, 0.3) is 0 Å². The van der Waals surface area contributed by atoms with Gasteiger partial charge >= 0.3 is 5.97 Å². The van der Waals surface area contributed by atoms with Crippen LogP contribution < -0.4 is 0 Å². The number of methoxy groups -OCH3 is 1. The van der Waals surface area contributed by atoms with Crippen molar-refractivity contribution in [1.82, 2.24) is 0 Å². The van der Waals surface area contributed by atoms with Crippen LogP contribution in [0.25, 0.3) is 0 Å². The Hall–Kier alpha value is -1.73. The van der Waals surface area contributed by atoms with Gasteiger partial charge in [-0.05, 0) is 12.5 Å². The molecule has 1 unspecified atom stereocenters. The highest BCUT2D eigenvalue weighted by Gasteiger charge is 2.20. The molecule has 17 heavy (non-hydrogen) atoms. The Bertz CT molecular complexity index is 459. The van der Waals surface area contributed by atoms with Gasteiger partial charge in [0.1, 0.15) is 5.92 Å². The molecule has 0 aliphatic rings. The standard InChI is InChI=1S/C13H13NO2S/c1-9-3-5-10(6-4-9)12(17)7-11(8-14)13(15)16-2/h3-6,11H,7H2,1-2H3. The first-order chi connectivity index (χ1) is 8.08. The summed E-state index contributed by atoms with van der Waals surface area (Å²) in [5.41, 5.74) is 2.01. The molecule has 0 N–H and O–H groups in total. The van der Waals surface area contributed by atoms with Crippen LogP contribution in [0.2, 0.25) is 0 Å². The lowest BCUT2D eigenvalue weighted by Crippen LogP contribution is -2.17. The summed E-state index contributed by atoms with van der Waals surface area (Å²) >= 11 is 5.21. The molecule has 0 amide bonds. The molecule has 3 nitrogen and oxygen atoms in total. The van der Waals surface area contributed by atoms with Crippen molar-refractivity contribution < 1.29 is 9.53 Å². The third-order valence-electron chi connectivity index (χ3n) is 2.40. The van der Waals surface area contributed by atoms with E-state index in [2.05, 4.69) is 4.74 Å². The molecule has 1 aromatic carbocycles. The predicted octanol–water partition coefficient (Wildman–Crippen LogP) is 2.42. The van der Waals surface area contributed by atoms with Crippen LogP contribution in [0.4, 0.5) is 0 Å². The van der Waals surface area contributed by atoms with Crippen molar-refractivity contribution in [3.63, 3.8) is 0 Å². The molecule has 4 heteroatoms. The maximum Gasteiger partial charge on any atom is 0.323 e. The largest absolute Gasteiger partial charge is 0.468 e. The van der Waals surface area contributed by atoms with E-state index in [0.717, 1.165) is 11.1 Å². The van der Waals surface area contributed by atoms with Gasteiger partial charge in [-0.25, -0.2) is 0 Å². The number of hydrogen-bond donors (Lipinski definition) is 0. The average Bonchev–Trinajstić information content (AvgIpc) is 2.35. The molecule has 0 fully saturated rings. The summed E-state index contributed by atoms with van der Waals surface area (Å²) in [5, 5.41) is 8.86. The molecule has 0 aliphatic carbocycles. The maximum absolute atomic E-state index is 11.3. The van der Waals surface area contributed by atoms with Crippen LogP contribution in [0, 0.1) is 24.2 Å². The second-order valence-electron chi connectivity index (χ2n) is 3.70. The molecule has 0 saturated heterocycles. The summed E-state index contributed by atoms with van der Waals surface area (Å²) in [4.78, 5) is 11.9. The molecule has 0 radical (unpaired) electrons. The number of rotatable bonds is 4. The number of carbonyl (C=O) groups is 1. The number of esters is 1. The first-order valence-electron chi connectivity index (χ1n) is 5.15. The molecule has 1 rings (SSSR count). The van der Waals surface area contributed by atoms with Gasteiger partial charge in [-0.3, -0.25) is 4.79 Å². The third-order valence-corrected chi connectivity index (χ3v) is 2.81. The first-order valence-corrected chi connectivity index (χ1v) is 5.56. The van der Waals surface area contributed by atoms with Crippen molar-refractivity contribution >= 4 is 23.1 Å². The van der Waals surface area contributed by atoms with E-state index in [1.165, 1.54) is 7.11 Å². The summed E-state index contributed by atoms with van der Waals surface area (Å²) in [6.45, 7) is 1.99. The Labute approximate surface area is 106 Å². The summed E-state index contributed by atoms with van der Waals surface area (Å²) in [6.07, 6.45) is 0.224. The summed E-state index contributed by atoms with van der Waals surface area (Å²) in [6, 6.07) is 9.58. The van der Waals surface area contributed by atoms with Crippen LogP contribution in [0.5, 0.6) is 0 Å². The maximum atomic E-state index is 11.3. The molecular formula is C13H13NO2S. The normalized spacial score (nSPS) is 11.4. The highest BCUT2D eigenvalue weighted by molar-refractivity contribution is 7.80. The molecule has 0 saturated carbocycles. The van der Waals surface area contributed by atoms with Crippen molar-refractivity contribution in [2.24, 2.45) is 5.92 Å². The van der Waals surface area contributed by atoms with Gasteiger partial charge in [0.2, 0.25) is 0 Å². The second-order valence-corrected chi connectivity index (χ2v) is 4.19. The molecular weight excluding hydrogens is 234 g/mol. The fourth-order valence-corrected chi connectivity index (χ4v) is 1.67. The van der Waals surface area contributed by atoms with Crippen LogP contribution in [-0.2, 0) is 9.53 Å². The van der Waals surface area contributed by atoms with Crippen molar-refractivity contribution in [2.75, 3.05) is 7.11 Å². The van der Waals surface area contributed by atoms with E-state index in [4.69, 9.17) is 17.5 Å². The molecule has 1 aromatic rings. The number of aryl methyl sites for hydroxylation is 1. The van der Waals surface area contributed by atoms with Crippen LogP contribution in [0.15, 0.2) is 24.3 Å². The lowest BCUT2D eigenvalue weighted by atomic mass is 10.00. The SMILES string of the molecule is COC(=O)C(C#N)CC(=S)c1ccc(C)cc1. The fraction of sp³-hybridized carbons (Fsp3) is 0.308. The topological polar surface area (TPSA) is 50.1 Å². The molecule has 0 bridgehead atoms. The predicted molar refractivity (Wildman–Crippen MR) is 68.6 cm³/mol. The van der Waals surface area contributed by atoms with E-state index in [-0.39, 0.29) is 6.42 Å². The van der Waals surface area contributed by atoms with E-state index in [0.29, 0.717) is 4.86 Å². The van der Waals surface area contributed by atoms with E-state index in [1.807, 2.05) is 37.3 Å². The molecule has 0 aromatic heterocycles. The average molecular weight is 247 g/mol. The zero-order chi connectivity index (χ0) is 12.8. The summed E-state index contributed by atoms with van der Waals surface area (Å²) < 4.78 is 4.54. The Kier molecular flexibility index (Phi) is 4.80. The molecule has 0 aliphatic heterocycles. The highest BCUT2D eigenvalue weighted by atomic mass is 32.1. The lowest BCUT2D eigenvalue weighted by Gasteiger charge is -2.08. The third kappa shape index (κ3) is 3.65. The van der Waals surface area contributed by atoms with Crippen molar-refractivity contribution in [1.29, 1.82) is 5.26 Å². The van der Waals surface area contributed by atoms with Gasteiger partial charge in [-0.1, -0.05) is 42.0 Å². The molecule has 0 heterocycles. The fourth-order valence-electron chi connectivity index (χ4n) is 1.37. The first kappa shape index (κ1) is 13.3. The molecule has 1 atom stereocenters. The van der Waals surface area contributed by atoms with Crippen LogP contribution >= 0.6 is 12.2 Å². The number of ether oxygens (including phenoxy) is 1. The van der Waals surface area contributed by atoms with Gasteiger partial charge in [-0.2, -0.15) is 5.26 Å². The Balaban J connectivity index is 2.75. The Morgan fingerprint density at radius 1 is 1.47 bits per heavy atom. The summed E-state index contributed by atoms with van der Waals surface area (Å²) in [5.74, 6) is -1.37. The van der Waals surface area contributed by atoms with E-state index >= 15 is 0 Å². The quantitative estimate of drug-likeness (QED) is 0.466. The van der Waals surface area contributed by atoms with E-state index in [1.54, 1.807) is 0 Å². The van der Waals surface area contributed by atoms with Crippen molar-refractivity contribution in [3.8, 4) is 6.07 Å². The number of thiocarbonyl (C=S) groups is 1. The van der Waals surface area contributed by atoms with Gasteiger partial charge in [0.05, 0.1) is 13.2 Å². The smallest absolute Gasteiger partial charge is 0.323 e. The number of nitrogens with zero attached hydrogens (tertiary/aromatic N) is 1. The van der Waals surface area contributed by atoms with E-state index in [9.17, 15) is 4.79 Å². The van der Waals surface area contributed by atoms with Crippen LogP contribution in [0.3, 0.4) is 0 Å². The monoisotopic (exact) mass is 247 g/mol. The molecule has 0 spiro atoms. The minimum absolute atomic E-state index is 0.224. The van der Waals surface area contributed by atoms with E-state index < -0.39 is 11.9 Å². The number of benzene rings is 1. The zero-order valence-electron chi connectivity index (χ0n) is 9.77. The van der Waals surface area contributed by atoms with Crippen LogP contribution in [-0.4, -0.2) is 17.9 Å². The summed E-state index contributed by atoms with van der Waals surface area (Å²) in [7, 11) is 1.27. The second kappa shape index (κ2) is 6.12. The highest BCUT2D eigenvalue weighted by Crippen LogP contribution is 2.13. The Morgan fingerprint density at radius 2 is 2.06 bits per heavy atom. The number of hydrogen-bond acceptors (Lipinski definition) is 4. The van der Waals surface area contributed by atoms with Crippen molar-refractivity contribution in [3.05, 3.63) is 35.4 Å². The zero-order valence-corrected chi connectivity index (χ0v) is 10.6.